The first kappa shape index (κ1) is 13.4. The van der Waals surface area contributed by atoms with Crippen LogP contribution in [0.5, 0.6) is 11.6 Å². The summed E-state index contributed by atoms with van der Waals surface area (Å²) >= 11 is 0. The van der Waals surface area contributed by atoms with Gasteiger partial charge in [-0.2, -0.15) is 0 Å². The third-order valence-electron chi connectivity index (χ3n) is 3.41. The second-order valence-corrected chi connectivity index (χ2v) is 4.75. The Hall–Kier alpha value is -2.56. The number of hydrogen-bond donors (Lipinski definition) is 0. The maximum Gasteiger partial charge on any atom is 0.238 e. The number of rotatable bonds is 3. The van der Waals surface area contributed by atoms with Crippen molar-refractivity contribution in [3.05, 3.63) is 48.2 Å². The molecule has 0 saturated carbocycles. The summed E-state index contributed by atoms with van der Waals surface area (Å²) in [6, 6.07) is 11.2. The summed E-state index contributed by atoms with van der Waals surface area (Å²) in [4.78, 5) is 18.4. The Kier molecular flexibility index (Phi) is 3.73. The molecule has 0 bridgehead atoms. The molecule has 1 aromatic carbocycles. The molecule has 2 heterocycles. The predicted octanol–water partition coefficient (Wildman–Crippen LogP) is 2.06. The van der Waals surface area contributed by atoms with Crippen molar-refractivity contribution in [1.29, 1.82) is 0 Å². The number of hydrogen-bond acceptors (Lipinski definition) is 4. The molecule has 0 N–H and O–H groups in total. The lowest BCUT2D eigenvalue weighted by molar-refractivity contribution is -0.118. The van der Waals surface area contributed by atoms with E-state index >= 15 is 0 Å². The molecular formula is C16H16N2O3. The normalized spacial score (nSPS) is 13.3. The second-order valence-electron chi connectivity index (χ2n) is 4.75. The first-order chi connectivity index (χ1) is 10.3. The fraction of sp³-hybridized carbons (Fsp3) is 0.250. The smallest absolute Gasteiger partial charge is 0.238 e. The van der Waals surface area contributed by atoms with E-state index in [-0.39, 0.29) is 5.91 Å². The van der Waals surface area contributed by atoms with Crippen molar-refractivity contribution in [3.8, 4) is 11.6 Å². The van der Waals surface area contributed by atoms with E-state index < -0.39 is 0 Å². The quantitative estimate of drug-likeness (QED) is 0.865. The standard InChI is InChI=1S/C16H16N2O3/c1-20-13-6-4-12(5-7-13)11-15(19)18-9-10-21-16-14(18)3-2-8-17-16/h2-8H,9-11H2,1H3. The number of carbonyl (C=O) groups is 1. The van der Waals surface area contributed by atoms with E-state index in [4.69, 9.17) is 9.47 Å². The Morgan fingerprint density at radius 2 is 2.14 bits per heavy atom. The lowest BCUT2D eigenvalue weighted by atomic mass is 10.1. The number of methoxy groups -OCH3 is 1. The Morgan fingerprint density at radius 1 is 1.33 bits per heavy atom. The number of aromatic nitrogens is 1. The average molecular weight is 284 g/mol. The number of anilines is 1. The van der Waals surface area contributed by atoms with E-state index in [9.17, 15) is 4.79 Å². The Morgan fingerprint density at radius 3 is 2.90 bits per heavy atom. The van der Waals surface area contributed by atoms with Gasteiger partial charge in [0.1, 0.15) is 18.0 Å². The van der Waals surface area contributed by atoms with Crippen LogP contribution in [0.2, 0.25) is 0 Å². The number of ether oxygens (including phenoxy) is 2. The van der Waals surface area contributed by atoms with E-state index in [1.807, 2.05) is 30.3 Å². The zero-order valence-corrected chi connectivity index (χ0v) is 11.8. The molecule has 0 saturated heterocycles. The molecule has 3 rings (SSSR count). The van der Waals surface area contributed by atoms with Crippen molar-refractivity contribution in [1.82, 2.24) is 4.98 Å². The summed E-state index contributed by atoms with van der Waals surface area (Å²) in [5, 5.41) is 0. The molecule has 1 aromatic heterocycles. The van der Waals surface area contributed by atoms with Crippen LogP contribution in [0.3, 0.4) is 0 Å². The molecule has 108 valence electrons. The molecule has 0 fully saturated rings. The van der Waals surface area contributed by atoms with Gasteiger partial charge in [-0.05, 0) is 29.8 Å². The van der Waals surface area contributed by atoms with Crippen LogP contribution >= 0.6 is 0 Å². The summed E-state index contributed by atoms with van der Waals surface area (Å²) in [5.41, 5.74) is 1.69. The van der Waals surface area contributed by atoms with Crippen LogP contribution in [-0.4, -0.2) is 31.2 Å². The van der Waals surface area contributed by atoms with Crippen LogP contribution in [0.15, 0.2) is 42.6 Å². The van der Waals surface area contributed by atoms with Gasteiger partial charge in [0, 0.05) is 6.20 Å². The maximum atomic E-state index is 12.5. The first-order valence-electron chi connectivity index (χ1n) is 6.79. The number of carbonyl (C=O) groups excluding carboxylic acids is 1. The van der Waals surface area contributed by atoms with Gasteiger partial charge in [0.05, 0.1) is 20.1 Å². The fourth-order valence-corrected chi connectivity index (χ4v) is 2.33. The van der Waals surface area contributed by atoms with Gasteiger partial charge in [-0.3, -0.25) is 4.79 Å². The van der Waals surface area contributed by atoms with E-state index in [1.165, 1.54) is 0 Å². The maximum absolute atomic E-state index is 12.5. The number of nitrogens with zero attached hydrogens (tertiary/aromatic N) is 2. The third kappa shape index (κ3) is 2.81. The molecule has 21 heavy (non-hydrogen) atoms. The zero-order chi connectivity index (χ0) is 14.7. The van der Waals surface area contributed by atoms with Gasteiger partial charge >= 0.3 is 0 Å². The van der Waals surface area contributed by atoms with Crippen LogP contribution in [0.25, 0.3) is 0 Å². The second kappa shape index (κ2) is 5.83. The minimum atomic E-state index is 0.0396. The van der Waals surface area contributed by atoms with E-state index in [0.29, 0.717) is 25.5 Å². The van der Waals surface area contributed by atoms with Crippen molar-refractivity contribution in [2.75, 3.05) is 25.2 Å². The van der Waals surface area contributed by atoms with Crippen molar-refractivity contribution in [3.63, 3.8) is 0 Å². The van der Waals surface area contributed by atoms with Gasteiger partial charge in [0.15, 0.2) is 0 Å². The highest BCUT2D eigenvalue weighted by atomic mass is 16.5. The Bertz CT molecular complexity index is 640. The minimum absolute atomic E-state index is 0.0396. The van der Waals surface area contributed by atoms with Gasteiger partial charge in [0.25, 0.3) is 0 Å². The molecule has 5 nitrogen and oxygen atoms in total. The van der Waals surface area contributed by atoms with E-state index in [0.717, 1.165) is 17.0 Å². The van der Waals surface area contributed by atoms with Crippen molar-refractivity contribution < 1.29 is 14.3 Å². The molecule has 0 unspecified atom stereocenters. The molecule has 1 aliphatic heterocycles. The highest BCUT2D eigenvalue weighted by Gasteiger charge is 2.24. The Labute approximate surface area is 123 Å². The molecule has 0 spiro atoms. The van der Waals surface area contributed by atoms with Crippen molar-refractivity contribution >= 4 is 11.6 Å². The van der Waals surface area contributed by atoms with Crippen LogP contribution in [0.1, 0.15) is 5.56 Å². The summed E-state index contributed by atoms with van der Waals surface area (Å²) in [7, 11) is 1.62. The van der Waals surface area contributed by atoms with E-state index in [2.05, 4.69) is 4.98 Å². The van der Waals surface area contributed by atoms with E-state index in [1.54, 1.807) is 24.3 Å². The molecule has 0 aliphatic carbocycles. The van der Waals surface area contributed by atoms with Crippen LogP contribution in [0, 0.1) is 0 Å². The zero-order valence-electron chi connectivity index (χ0n) is 11.8. The fourth-order valence-electron chi connectivity index (χ4n) is 2.33. The number of amides is 1. The van der Waals surface area contributed by atoms with Gasteiger partial charge in [0.2, 0.25) is 11.8 Å². The van der Waals surface area contributed by atoms with Crippen LogP contribution < -0.4 is 14.4 Å². The predicted molar refractivity (Wildman–Crippen MR) is 78.8 cm³/mol. The molecule has 2 aromatic rings. The third-order valence-corrected chi connectivity index (χ3v) is 3.41. The van der Waals surface area contributed by atoms with Gasteiger partial charge in [-0.15, -0.1) is 0 Å². The number of pyridine rings is 1. The highest BCUT2D eigenvalue weighted by Crippen LogP contribution is 2.29. The molecular weight excluding hydrogens is 268 g/mol. The average Bonchev–Trinajstić information content (AvgIpc) is 2.55. The molecule has 5 heteroatoms. The number of benzene rings is 1. The first-order valence-corrected chi connectivity index (χ1v) is 6.79. The van der Waals surface area contributed by atoms with Gasteiger partial charge < -0.3 is 14.4 Å². The molecule has 1 aliphatic rings. The lowest BCUT2D eigenvalue weighted by Gasteiger charge is -2.28. The largest absolute Gasteiger partial charge is 0.497 e. The topological polar surface area (TPSA) is 51.7 Å². The highest BCUT2D eigenvalue weighted by molar-refractivity contribution is 5.96. The monoisotopic (exact) mass is 284 g/mol. The van der Waals surface area contributed by atoms with Crippen LogP contribution in [-0.2, 0) is 11.2 Å². The minimum Gasteiger partial charge on any atom is -0.497 e. The summed E-state index contributed by atoms with van der Waals surface area (Å²) in [6.45, 7) is 1.02. The van der Waals surface area contributed by atoms with Crippen LogP contribution in [0.4, 0.5) is 5.69 Å². The number of fused-ring (bicyclic) bond motifs is 1. The molecule has 0 radical (unpaired) electrons. The summed E-state index contributed by atoms with van der Waals surface area (Å²) in [5.74, 6) is 1.34. The van der Waals surface area contributed by atoms with Gasteiger partial charge in [-0.25, -0.2) is 4.98 Å². The molecule has 1 amide bonds. The SMILES string of the molecule is COc1ccc(CC(=O)N2CCOc3ncccc32)cc1. The van der Waals surface area contributed by atoms with Crippen molar-refractivity contribution in [2.45, 2.75) is 6.42 Å². The van der Waals surface area contributed by atoms with Crippen molar-refractivity contribution in [2.24, 2.45) is 0 Å². The van der Waals surface area contributed by atoms with Gasteiger partial charge in [-0.1, -0.05) is 12.1 Å². The Balaban J connectivity index is 1.76. The lowest BCUT2D eigenvalue weighted by Crippen LogP contribution is -2.39. The summed E-state index contributed by atoms with van der Waals surface area (Å²) < 4.78 is 10.6. The summed E-state index contributed by atoms with van der Waals surface area (Å²) in [6.07, 6.45) is 2.01. The molecule has 0 atom stereocenters.